The van der Waals surface area contributed by atoms with Crippen molar-refractivity contribution < 1.29 is 4.74 Å². The molecule has 24 heavy (non-hydrogen) atoms. The Morgan fingerprint density at radius 2 is 2.21 bits per heavy atom. The van der Waals surface area contributed by atoms with Crippen LogP contribution in [0.3, 0.4) is 0 Å². The first kappa shape index (κ1) is 16.6. The van der Waals surface area contributed by atoms with Crippen molar-refractivity contribution >= 4 is 5.82 Å². The van der Waals surface area contributed by atoms with Crippen LogP contribution in [0.25, 0.3) is 0 Å². The average Bonchev–Trinajstić information content (AvgIpc) is 2.59. The van der Waals surface area contributed by atoms with Crippen molar-refractivity contribution in [3.8, 4) is 5.88 Å². The van der Waals surface area contributed by atoms with Crippen LogP contribution in [-0.4, -0.2) is 45.6 Å². The summed E-state index contributed by atoms with van der Waals surface area (Å²) in [7, 11) is 0. The van der Waals surface area contributed by atoms with E-state index in [-0.39, 0.29) is 0 Å². The molecule has 0 aliphatic carbocycles. The Hall–Kier alpha value is -2.21. The van der Waals surface area contributed by atoms with Crippen molar-refractivity contribution in [3.63, 3.8) is 0 Å². The van der Waals surface area contributed by atoms with Crippen LogP contribution >= 0.6 is 0 Å². The molecular weight excluding hydrogens is 302 g/mol. The quantitative estimate of drug-likeness (QED) is 0.880. The second-order valence-corrected chi connectivity index (χ2v) is 6.25. The van der Waals surface area contributed by atoms with Gasteiger partial charge >= 0.3 is 0 Å². The molecule has 0 radical (unpaired) electrons. The zero-order valence-electron chi connectivity index (χ0n) is 14.4. The second kappa shape index (κ2) is 8.06. The summed E-state index contributed by atoms with van der Waals surface area (Å²) in [5.74, 6) is 1.99. The summed E-state index contributed by atoms with van der Waals surface area (Å²) in [5, 5.41) is 3.54. The van der Waals surface area contributed by atoms with Crippen LogP contribution in [0.4, 0.5) is 5.82 Å². The highest BCUT2D eigenvalue weighted by Crippen LogP contribution is 2.22. The third-order valence-corrected chi connectivity index (χ3v) is 4.37. The van der Waals surface area contributed by atoms with E-state index in [1.807, 2.05) is 31.3 Å². The SMILES string of the molecule is CCOc1cc(N[C@H]2CCN(Cc3ccccn3)C[C@H]2C)ncn1. The monoisotopic (exact) mass is 327 g/mol. The molecule has 128 valence electrons. The molecule has 3 heterocycles. The minimum absolute atomic E-state index is 0.411. The molecule has 2 aromatic rings. The van der Waals surface area contributed by atoms with Crippen LogP contribution in [-0.2, 0) is 6.54 Å². The Morgan fingerprint density at radius 3 is 2.96 bits per heavy atom. The summed E-state index contributed by atoms with van der Waals surface area (Å²) >= 11 is 0. The fourth-order valence-corrected chi connectivity index (χ4v) is 3.15. The van der Waals surface area contributed by atoms with Gasteiger partial charge in [0.2, 0.25) is 5.88 Å². The standard InChI is InChI=1S/C18H25N5O/c1-3-24-18-10-17(20-13-21-18)22-16-7-9-23(11-14(16)2)12-15-6-4-5-8-19-15/h4-6,8,10,13-14,16H,3,7,9,11-12H2,1-2H3,(H,20,21,22)/t14-,16+/m1/s1. The number of aromatic nitrogens is 3. The molecule has 0 saturated carbocycles. The molecule has 0 bridgehead atoms. The number of nitrogens with one attached hydrogen (secondary N) is 1. The number of rotatable bonds is 6. The van der Waals surface area contributed by atoms with E-state index in [0.29, 0.717) is 24.4 Å². The van der Waals surface area contributed by atoms with Crippen LogP contribution in [0.1, 0.15) is 26.0 Å². The Morgan fingerprint density at radius 1 is 1.29 bits per heavy atom. The third-order valence-electron chi connectivity index (χ3n) is 4.37. The van der Waals surface area contributed by atoms with Crippen LogP contribution in [0.5, 0.6) is 5.88 Å². The van der Waals surface area contributed by atoms with Gasteiger partial charge < -0.3 is 10.1 Å². The lowest BCUT2D eigenvalue weighted by atomic mass is 9.93. The molecule has 3 rings (SSSR count). The molecule has 6 heteroatoms. The van der Waals surface area contributed by atoms with E-state index >= 15 is 0 Å². The fourth-order valence-electron chi connectivity index (χ4n) is 3.15. The molecule has 1 saturated heterocycles. The Kier molecular flexibility index (Phi) is 5.59. The summed E-state index contributed by atoms with van der Waals surface area (Å²) in [6.45, 7) is 7.87. The van der Waals surface area contributed by atoms with Gasteiger partial charge in [0.25, 0.3) is 0 Å². The normalized spacial score (nSPS) is 21.4. The van der Waals surface area contributed by atoms with Crippen molar-refractivity contribution in [2.45, 2.75) is 32.9 Å². The number of ether oxygens (including phenoxy) is 1. The Bertz CT molecular complexity index is 636. The molecule has 1 N–H and O–H groups in total. The smallest absolute Gasteiger partial charge is 0.218 e. The highest BCUT2D eigenvalue weighted by Gasteiger charge is 2.26. The van der Waals surface area contributed by atoms with E-state index < -0.39 is 0 Å². The van der Waals surface area contributed by atoms with E-state index in [9.17, 15) is 0 Å². The van der Waals surface area contributed by atoms with Crippen molar-refractivity contribution in [3.05, 3.63) is 42.5 Å². The lowest BCUT2D eigenvalue weighted by Crippen LogP contribution is -2.45. The lowest BCUT2D eigenvalue weighted by Gasteiger charge is -2.37. The van der Waals surface area contributed by atoms with E-state index in [4.69, 9.17) is 4.74 Å². The van der Waals surface area contributed by atoms with Crippen molar-refractivity contribution in [1.82, 2.24) is 19.9 Å². The van der Waals surface area contributed by atoms with Gasteiger partial charge in [0.05, 0.1) is 12.3 Å². The van der Waals surface area contributed by atoms with Crippen LogP contribution in [0.2, 0.25) is 0 Å². The van der Waals surface area contributed by atoms with Crippen LogP contribution < -0.4 is 10.1 Å². The molecule has 2 atom stereocenters. The number of nitrogens with zero attached hydrogens (tertiary/aromatic N) is 4. The topological polar surface area (TPSA) is 63.2 Å². The fraction of sp³-hybridized carbons (Fsp3) is 0.500. The maximum absolute atomic E-state index is 5.44. The zero-order chi connectivity index (χ0) is 16.8. The van der Waals surface area contributed by atoms with Crippen molar-refractivity contribution in [2.24, 2.45) is 5.92 Å². The molecular formula is C18H25N5O. The van der Waals surface area contributed by atoms with Crippen molar-refractivity contribution in [1.29, 1.82) is 0 Å². The van der Waals surface area contributed by atoms with Gasteiger partial charge in [-0.05, 0) is 31.4 Å². The van der Waals surface area contributed by atoms with Gasteiger partial charge in [0.1, 0.15) is 12.1 Å². The molecule has 1 aliphatic rings. The van der Waals surface area contributed by atoms with E-state index in [1.54, 1.807) is 6.33 Å². The number of hydrogen-bond acceptors (Lipinski definition) is 6. The highest BCUT2D eigenvalue weighted by molar-refractivity contribution is 5.38. The number of likely N-dealkylation sites (tertiary alicyclic amines) is 1. The molecule has 0 amide bonds. The third kappa shape index (κ3) is 4.41. The molecule has 1 aliphatic heterocycles. The number of pyridine rings is 1. The average molecular weight is 327 g/mol. The van der Waals surface area contributed by atoms with Crippen LogP contribution in [0.15, 0.2) is 36.8 Å². The maximum Gasteiger partial charge on any atom is 0.218 e. The van der Waals surface area contributed by atoms with E-state index in [2.05, 4.69) is 38.2 Å². The van der Waals surface area contributed by atoms with Gasteiger partial charge in [-0.3, -0.25) is 9.88 Å². The maximum atomic E-state index is 5.44. The van der Waals surface area contributed by atoms with Gasteiger partial charge in [-0.2, -0.15) is 0 Å². The summed E-state index contributed by atoms with van der Waals surface area (Å²) in [6.07, 6.45) is 4.49. The number of piperidine rings is 1. The van der Waals surface area contributed by atoms with Gasteiger partial charge in [-0.1, -0.05) is 13.0 Å². The predicted molar refractivity (Wildman–Crippen MR) is 93.9 cm³/mol. The minimum Gasteiger partial charge on any atom is -0.478 e. The summed E-state index contributed by atoms with van der Waals surface area (Å²) in [5.41, 5.74) is 1.13. The summed E-state index contributed by atoms with van der Waals surface area (Å²) in [6, 6.07) is 8.38. The first-order valence-electron chi connectivity index (χ1n) is 8.58. The van der Waals surface area contributed by atoms with E-state index in [1.165, 1.54) is 0 Å². The van der Waals surface area contributed by atoms with Gasteiger partial charge in [0.15, 0.2) is 0 Å². The van der Waals surface area contributed by atoms with Gasteiger partial charge in [0, 0.05) is 37.9 Å². The highest BCUT2D eigenvalue weighted by atomic mass is 16.5. The minimum atomic E-state index is 0.411. The Labute approximate surface area is 143 Å². The van der Waals surface area contributed by atoms with Crippen molar-refractivity contribution in [2.75, 3.05) is 25.0 Å². The first-order chi connectivity index (χ1) is 11.7. The molecule has 0 spiro atoms. The summed E-state index contributed by atoms with van der Waals surface area (Å²) in [4.78, 5) is 15.3. The molecule has 0 aromatic carbocycles. The Balaban J connectivity index is 1.55. The lowest BCUT2D eigenvalue weighted by molar-refractivity contribution is 0.163. The predicted octanol–water partition coefficient (Wildman–Crippen LogP) is 2.59. The van der Waals surface area contributed by atoms with Gasteiger partial charge in [-0.15, -0.1) is 0 Å². The zero-order valence-corrected chi connectivity index (χ0v) is 14.4. The molecule has 6 nitrogen and oxygen atoms in total. The second-order valence-electron chi connectivity index (χ2n) is 6.25. The summed E-state index contributed by atoms with van der Waals surface area (Å²) < 4.78 is 5.44. The number of hydrogen-bond donors (Lipinski definition) is 1. The largest absolute Gasteiger partial charge is 0.478 e. The van der Waals surface area contributed by atoms with Crippen LogP contribution in [0, 0.1) is 5.92 Å². The number of anilines is 1. The first-order valence-corrected chi connectivity index (χ1v) is 8.58. The molecule has 2 aromatic heterocycles. The molecule has 0 unspecified atom stereocenters. The van der Waals surface area contributed by atoms with Gasteiger partial charge in [-0.25, -0.2) is 9.97 Å². The molecule has 1 fully saturated rings. The van der Waals surface area contributed by atoms with E-state index in [0.717, 1.165) is 37.6 Å².